The van der Waals surface area contributed by atoms with Gasteiger partial charge in [0.05, 0.1) is 0 Å². The number of rotatable bonds is 7. The Bertz CT molecular complexity index is 135. The standard InChI is InChI=1S/C13H26/c1-6-11(3)8-9-13(5)10-12(4)7-2/h11,13H,4,6-10H2,1-3,5H3. The van der Waals surface area contributed by atoms with Crippen molar-refractivity contribution in [3.8, 4) is 0 Å². The maximum atomic E-state index is 4.06. The average Bonchev–Trinajstić information content (AvgIpc) is 2.13. The molecule has 0 saturated carbocycles. The Hall–Kier alpha value is -0.260. The zero-order chi connectivity index (χ0) is 10.3. The summed E-state index contributed by atoms with van der Waals surface area (Å²) in [6.07, 6.45) is 6.45. The van der Waals surface area contributed by atoms with Crippen LogP contribution in [0.4, 0.5) is 0 Å². The van der Waals surface area contributed by atoms with Gasteiger partial charge in [0.25, 0.3) is 0 Å². The normalized spacial score (nSPS) is 15.4. The summed E-state index contributed by atoms with van der Waals surface area (Å²) in [5.41, 5.74) is 1.41. The fraction of sp³-hybridized carbons (Fsp3) is 0.846. The average molecular weight is 182 g/mol. The van der Waals surface area contributed by atoms with Gasteiger partial charge in [0.15, 0.2) is 0 Å². The molecule has 0 radical (unpaired) electrons. The van der Waals surface area contributed by atoms with E-state index in [2.05, 4.69) is 34.3 Å². The molecule has 78 valence electrons. The summed E-state index contributed by atoms with van der Waals surface area (Å²) < 4.78 is 0. The quantitative estimate of drug-likeness (QED) is 0.496. The third-order valence-electron chi connectivity index (χ3n) is 2.99. The van der Waals surface area contributed by atoms with Crippen molar-refractivity contribution in [2.75, 3.05) is 0 Å². The Kier molecular flexibility index (Phi) is 7.03. The van der Waals surface area contributed by atoms with Crippen LogP contribution in [0.15, 0.2) is 12.2 Å². The molecular weight excluding hydrogens is 156 g/mol. The molecule has 0 amide bonds. The smallest absolute Gasteiger partial charge is 0.0297 e. The van der Waals surface area contributed by atoms with Crippen molar-refractivity contribution in [3.63, 3.8) is 0 Å². The van der Waals surface area contributed by atoms with E-state index < -0.39 is 0 Å². The molecule has 0 nitrogen and oxygen atoms in total. The molecule has 0 saturated heterocycles. The molecule has 0 rings (SSSR count). The van der Waals surface area contributed by atoms with Crippen molar-refractivity contribution >= 4 is 0 Å². The van der Waals surface area contributed by atoms with Crippen LogP contribution in [0.1, 0.15) is 59.8 Å². The van der Waals surface area contributed by atoms with E-state index in [-0.39, 0.29) is 0 Å². The van der Waals surface area contributed by atoms with Gasteiger partial charge < -0.3 is 0 Å². The topological polar surface area (TPSA) is 0 Å². The van der Waals surface area contributed by atoms with Crippen molar-refractivity contribution < 1.29 is 0 Å². The van der Waals surface area contributed by atoms with Crippen molar-refractivity contribution in [2.24, 2.45) is 11.8 Å². The molecule has 0 aliphatic carbocycles. The number of hydrogen-bond acceptors (Lipinski definition) is 0. The summed E-state index contributed by atoms with van der Waals surface area (Å²) in [4.78, 5) is 0. The molecule has 0 heterocycles. The Morgan fingerprint density at radius 3 is 2.08 bits per heavy atom. The molecule has 2 atom stereocenters. The lowest BCUT2D eigenvalue weighted by Crippen LogP contribution is -2.00. The first kappa shape index (κ1) is 12.7. The summed E-state index contributed by atoms with van der Waals surface area (Å²) in [6, 6.07) is 0. The van der Waals surface area contributed by atoms with Crippen LogP contribution in [0, 0.1) is 11.8 Å². The fourth-order valence-electron chi connectivity index (χ4n) is 1.51. The predicted octanol–water partition coefficient (Wildman–Crippen LogP) is 4.81. The van der Waals surface area contributed by atoms with E-state index >= 15 is 0 Å². The van der Waals surface area contributed by atoms with Crippen LogP contribution in [0.5, 0.6) is 0 Å². The molecule has 0 fully saturated rings. The van der Waals surface area contributed by atoms with E-state index in [1.807, 2.05) is 0 Å². The lowest BCUT2D eigenvalue weighted by atomic mass is 9.92. The van der Waals surface area contributed by atoms with Crippen LogP contribution in [0.25, 0.3) is 0 Å². The minimum Gasteiger partial charge on any atom is -0.0999 e. The Balaban J connectivity index is 3.50. The highest BCUT2D eigenvalue weighted by atomic mass is 14.1. The molecule has 0 bridgehead atoms. The van der Waals surface area contributed by atoms with Crippen LogP contribution in [0.2, 0.25) is 0 Å². The van der Waals surface area contributed by atoms with E-state index in [0.717, 1.165) is 18.3 Å². The molecule has 0 aromatic carbocycles. The van der Waals surface area contributed by atoms with Gasteiger partial charge in [-0.25, -0.2) is 0 Å². The van der Waals surface area contributed by atoms with Gasteiger partial charge >= 0.3 is 0 Å². The SMILES string of the molecule is C=C(CC)CC(C)CCC(C)CC. The Morgan fingerprint density at radius 1 is 1.08 bits per heavy atom. The second kappa shape index (κ2) is 7.17. The van der Waals surface area contributed by atoms with Crippen LogP contribution in [0.3, 0.4) is 0 Å². The van der Waals surface area contributed by atoms with Gasteiger partial charge in [-0.15, -0.1) is 0 Å². The van der Waals surface area contributed by atoms with Gasteiger partial charge in [-0.1, -0.05) is 59.1 Å². The maximum Gasteiger partial charge on any atom is -0.0297 e. The van der Waals surface area contributed by atoms with Crippen molar-refractivity contribution in [1.82, 2.24) is 0 Å². The lowest BCUT2D eigenvalue weighted by Gasteiger charge is -2.14. The molecule has 0 aliphatic heterocycles. The molecule has 0 aliphatic rings. The number of hydrogen-bond donors (Lipinski definition) is 0. The van der Waals surface area contributed by atoms with Crippen molar-refractivity contribution in [2.45, 2.75) is 59.8 Å². The molecule has 0 heteroatoms. The van der Waals surface area contributed by atoms with E-state index in [0.29, 0.717) is 0 Å². The van der Waals surface area contributed by atoms with Gasteiger partial charge in [0.2, 0.25) is 0 Å². The summed E-state index contributed by atoms with van der Waals surface area (Å²) in [6.45, 7) is 13.2. The van der Waals surface area contributed by atoms with Crippen LogP contribution >= 0.6 is 0 Å². The number of allylic oxidation sites excluding steroid dienone is 1. The van der Waals surface area contributed by atoms with E-state index in [4.69, 9.17) is 0 Å². The van der Waals surface area contributed by atoms with Gasteiger partial charge in [-0.3, -0.25) is 0 Å². The lowest BCUT2D eigenvalue weighted by molar-refractivity contribution is 0.419. The highest BCUT2D eigenvalue weighted by Crippen LogP contribution is 2.20. The molecule has 0 aromatic rings. The van der Waals surface area contributed by atoms with E-state index in [1.54, 1.807) is 0 Å². The van der Waals surface area contributed by atoms with Gasteiger partial charge in [0.1, 0.15) is 0 Å². The zero-order valence-electron chi connectivity index (χ0n) is 9.90. The van der Waals surface area contributed by atoms with Crippen molar-refractivity contribution in [1.29, 1.82) is 0 Å². The van der Waals surface area contributed by atoms with E-state index in [9.17, 15) is 0 Å². The first-order valence-corrected chi connectivity index (χ1v) is 5.76. The fourth-order valence-corrected chi connectivity index (χ4v) is 1.51. The second-order valence-electron chi connectivity index (χ2n) is 4.50. The third-order valence-corrected chi connectivity index (χ3v) is 2.99. The second-order valence-corrected chi connectivity index (χ2v) is 4.50. The Morgan fingerprint density at radius 2 is 1.62 bits per heavy atom. The van der Waals surface area contributed by atoms with Gasteiger partial charge in [-0.2, -0.15) is 0 Å². The van der Waals surface area contributed by atoms with Gasteiger partial charge in [0, 0.05) is 0 Å². The third kappa shape index (κ3) is 6.86. The molecule has 2 unspecified atom stereocenters. The van der Waals surface area contributed by atoms with E-state index in [1.165, 1.54) is 31.3 Å². The Labute approximate surface area is 84.4 Å². The first-order chi connectivity index (χ1) is 6.10. The van der Waals surface area contributed by atoms with Crippen LogP contribution in [-0.4, -0.2) is 0 Å². The zero-order valence-corrected chi connectivity index (χ0v) is 9.90. The van der Waals surface area contributed by atoms with Crippen LogP contribution in [-0.2, 0) is 0 Å². The molecule has 0 aromatic heterocycles. The highest BCUT2D eigenvalue weighted by Gasteiger charge is 2.06. The maximum absolute atomic E-state index is 4.06. The molecule has 13 heavy (non-hydrogen) atoms. The van der Waals surface area contributed by atoms with Crippen LogP contribution < -0.4 is 0 Å². The highest BCUT2D eigenvalue weighted by molar-refractivity contribution is 4.93. The summed E-state index contributed by atoms with van der Waals surface area (Å²) in [5, 5.41) is 0. The monoisotopic (exact) mass is 182 g/mol. The summed E-state index contributed by atoms with van der Waals surface area (Å²) >= 11 is 0. The minimum absolute atomic E-state index is 0.835. The molecular formula is C13H26. The minimum atomic E-state index is 0.835. The largest absolute Gasteiger partial charge is 0.0999 e. The first-order valence-electron chi connectivity index (χ1n) is 5.76. The van der Waals surface area contributed by atoms with Crippen molar-refractivity contribution in [3.05, 3.63) is 12.2 Å². The van der Waals surface area contributed by atoms with Gasteiger partial charge in [-0.05, 0) is 24.7 Å². The summed E-state index contributed by atoms with van der Waals surface area (Å²) in [5.74, 6) is 1.73. The molecule has 0 spiro atoms. The summed E-state index contributed by atoms with van der Waals surface area (Å²) in [7, 11) is 0. The molecule has 0 N–H and O–H groups in total. The predicted molar refractivity (Wildman–Crippen MR) is 61.9 cm³/mol.